The molecular formula is C14H12BrNO4. The van der Waals surface area contributed by atoms with Crippen LogP contribution in [0.25, 0.3) is 0 Å². The maximum atomic E-state index is 11.7. The predicted octanol–water partition coefficient (Wildman–Crippen LogP) is 2.52. The Morgan fingerprint density at radius 2 is 1.95 bits per heavy atom. The molecule has 0 bridgehead atoms. The SMILES string of the molecule is O=C(COC(=O)c1ccc(Br)cc1)NCc1ccco1. The van der Waals surface area contributed by atoms with Crippen molar-refractivity contribution in [1.82, 2.24) is 5.32 Å². The van der Waals surface area contributed by atoms with Crippen LogP contribution in [0.2, 0.25) is 0 Å². The second kappa shape index (κ2) is 6.91. The van der Waals surface area contributed by atoms with E-state index in [9.17, 15) is 9.59 Å². The van der Waals surface area contributed by atoms with Crippen LogP contribution in [0.5, 0.6) is 0 Å². The summed E-state index contributed by atoms with van der Waals surface area (Å²) in [5.74, 6) is -0.282. The normalized spacial score (nSPS) is 10.1. The van der Waals surface area contributed by atoms with Crippen LogP contribution in [0.15, 0.2) is 51.6 Å². The van der Waals surface area contributed by atoms with Crippen LogP contribution in [0.3, 0.4) is 0 Å². The Morgan fingerprint density at radius 3 is 2.60 bits per heavy atom. The third kappa shape index (κ3) is 4.24. The van der Waals surface area contributed by atoms with Gasteiger partial charge in [-0.2, -0.15) is 0 Å². The fourth-order valence-corrected chi connectivity index (χ4v) is 1.71. The Morgan fingerprint density at radius 1 is 1.20 bits per heavy atom. The molecule has 0 saturated carbocycles. The van der Waals surface area contributed by atoms with Gasteiger partial charge < -0.3 is 14.5 Å². The molecule has 2 rings (SSSR count). The van der Waals surface area contributed by atoms with Crippen molar-refractivity contribution < 1.29 is 18.7 Å². The molecule has 0 aliphatic carbocycles. The lowest BCUT2D eigenvalue weighted by Crippen LogP contribution is -2.28. The van der Waals surface area contributed by atoms with Crippen LogP contribution in [-0.2, 0) is 16.1 Å². The second-order valence-electron chi connectivity index (χ2n) is 3.94. The number of halogens is 1. The van der Waals surface area contributed by atoms with Crippen molar-refractivity contribution in [3.8, 4) is 0 Å². The molecule has 0 radical (unpaired) electrons. The number of hydrogen-bond donors (Lipinski definition) is 1. The van der Waals surface area contributed by atoms with Gasteiger partial charge in [0.15, 0.2) is 6.61 Å². The molecule has 2 aromatic rings. The van der Waals surface area contributed by atoms with Crippen LogP contribution in [0, 0.1) is 0 Å². The fraction of sp³-hybridized carbons (Fsp3) is 0.143. The van der Waals surface area contributed by atoms with Gasteiger partial charge in [-0.3, -0.25) is 4.79 Å². The molecule has 0 unspecified atom stereocenters. The summed E-state index contributed by atoms with van der Waals surface area (Å²) in [6, 6.07) is 10.2. The van der Waals surface area contributed by atoms with Gasteiger partial charge in [-0.25, -0.2) is 4.79 Å². The molecule has 0 aliphatic heterocycles. The van der Waals surface area contributed by atoms with Crippen LogP contribution in [0.4, 0.5) is 0 Å². The van der Waals surface area contributed by atoms with E-state index in [2.05, 4.69) is 21.2 Å². The third-order valence-electron chi connectivity index (χ3n) is 2.45. The van der Waals surface area contributed by atoms with E-state index < -0.39 is 5.97 Å². The average molecular weight is 338 g/mol. The standard InChI is InChI=1S/C14H12BrNO4/c15-11-5-3-10(4-6-11)14(18)20-9-13(17)16-8-12-2-1-7-19-12/h1-7H,8-9H2,(H,16,17). The van der Waals surface area contributed by atoms with Crippen LogP contribution >= 0.6 is 15.9 Å². The van der Waals surface area contributed by atoms with Crippen molar-refractivity contribution in [2.75, 3.05) is 6.61 Å². The van der Waals surface area contributed by atoms with Gasteiger partial charge in [-0.15, -0.1) is 0 Å². The summed E-state index contributed by atoms with van der Waals surface area (Å²) in [5.41, 5.74) is 0.395. The number of ether oxygens (including phenoxy) is 1. The van der Waals surface area contributed by atoms with E-state index in [1.807, 2.05) is 0 Å². The first kappa shape index (κ1) is 14.3. The first-order valence-corrected chi connectivity index (χ1v) is 6.66. The van der Waals surface area contributed by atoms with Crippen molar-refractivity contribution in [1.29, 1.82) is 0 Å². The molecule has 1 amide bonds. The lowest BCUT2D eigenvalue weighted by atomic mass is 10.2. The summed E-state index contributed by atoms with van der Waals surface area (Å²) < 4.78 is 10.8. The van der Waals surface area contributed by atoms with Gasteiger partial charge in [0.1, 0.15) is 5.76 Å². The molecule has 1 aromatic carbocycles. The first-order chi connectivity index (χ1) is 9.65. The molecule has 1 N–H and O–H groups in total. The van der Waals surface area contributed by atoms with E-state index in [0.29, 0.717) is 11.3 Å². The van der Waals surface area contributed by atoms with Crippen LogP contribution in [0.1, 0.15) is 16.1 Å². The van der Waals surface area contributed by atoms with Crippen molar-refractivity contribution in [3.63, 3.8) is 0 Å². The summed E-state index contributed by atoms with van der Waals surface area (Å²) >= 11 is 3.27. The fourth-order valence-electron chi connectivity index (χ4n) is 1.45. The molecule has 1 aromatic heterocycles. The van der Waals surface area contributed by atoms with E-state index in [0.717, 1.165) is 4.47 Å². The number of carbonyl (C=O) groups is 2. The Labute approximate surface area is 124 Å². The predicted molar refractivity (Wildman–Crippen MR) is 75.0 cm³/mol. The van der Waals surface area contributed by atoms with E-state index in [1.54, 1.807) is 36.4 Å². The molecule has 104 valence electrons. The lowest BCUT2D eigenvalue weighted by molar-refractivity contribution is -0.124. The highest BCUT2D eigenvalue weighted by Gasteiger charge is 2.10. The minimum Gasteiger partial charge on any atom is -0.467 e. The smallest absolute Gasteiger partial charge is 0.338 e. The van der Waals surface area contributed by atoms with Gasteiger partial charge in [0.05, 0.1) is 18.4 Å². The van der Waals surface area contributed by atoms with Crippen molar-refractivity contribution >= 4 is 27.8 Å². The summed E-state index contributed by atoms with van der Waals surface area (Å²) in [6.07, 6.45) is 1.52. The quantitative estimate of drug-likeness (QED) is 0.851. The highest BCUT2D eigenvalue weighted by Crippen LogP contribution is 2.11. The Bertz CT molecular complexity index is 578. The first-order valence-electron chi connectivity index (χ1n) is 5.87. The lowest BCUT2D eigenvalue weighted by Gasteiger charge is -2.05. The zero-order valence-electron chi connectivity index (χ0n) is 10.5. The number of rotatable bonds is 5. The van der Waals surface area contributed by atoms with Crippen molar-refractivity contribution in [2.45, 2.75) is 6.54 Å². The monoisotopic (exact) mass is 337 g/mol. The van der Waals surface area contributed by atoms with Crippen LogP contribution in [-0.4, -0.2) is 18.5 Å². The van der Waals surface area contributed by atoms with E-state index in [4.69, 9.17) is 9.15 Å². The molecule has 0 aliphatic rings. The molecule has 20 heavy (non-hydrogen) atoms. The van der Waals surface area contributed by atoms with Gasteiger partial charge in [0.25, 0.3) is 5.91 Å². The number of benzene rings is 1. The van der Waals surface area contributed by atoms with Crippen molar-refractivity contribution in [2.24, 2.45) is 0 Å². The Hall–Kier alpha value is -2.08. The van der Waals surface area contributed by atoms with Crippen molar-refractivity contribution in [3.05, 3.63) is 58.5 Å². The van der Waals surface area contributed by atoms with E-state index in [1.165, 1.54) is 6.26 Å². The molecule has 1 heterocycles. The molecule has 0 fully saturated rings. The van der Waals surface area contributed by atoms with Gasteiger partial charge in [-0.05, 0) is 36.4 Å². The molecule has 0 saturated heterocycles. The number of hydrogen-bond acceptors (Lipinski definition) is 4. The Balaban J connectivity index is 1.75. The van der Waals surface area contributed by atoms with Crippen LogP contribution < -0.4 is 5.32 Å². The van der Waals surface area contributed by atoms with E-state index >= 15 is 0 Å². The summed E-state index contributed by atoms with van der Waals surface area (Å²) in [5, 5.41) is 2.58. The zero-order valence-corrected chi connectivity index (χ0v) is 12.1. The molecule has 5 nitrogen and oxygen atoms in total. The maximum Gasteiger partial charge on any atom is 0.338 e. The molecule has 6 heteroatoms. The van der Waals surface area contributed by atoms with E-state index in [-0.39, 0.29) is 19.1 Å². The molecule has 0 spiro atoms. The highest BCUT2D eigenvalue weighted by molar-refractivity contribution is 9.10. The summed E-state index contributed by atoms with van der Waals surface area (Å²) in [6.45, 7) is -0.0583. The van der Waals surface area contributed by atoms with Gasteiger partial charge in [-0.1, -0.05) is 15.9 Å². The zero-order chi connectivity index (χ0) is 14.4. The highest BCUT2D eigenvalue weighted by atomic mass is 79.9. The average Bonchev–Trinajstić information content (AvgIpc) is 2.96. The minimum atomic E-state index is -0.536. The third-order valence-corrected chi connectivity index (χ3v) is 2.98. The molecular weight excluding hydrogens is 326 g/mol. The summed E-state index contributed by atoms with van der Waals surface area (Å²) in [4.78, 5) is 23.1. The number of nitrogens with one attached hydrogen (secondary N) is 1. The number of amides is 1. The second-order valence-corrected chi connectivity index (χ2v) is 4.85. The largest absolute Gasteiger partial charge is 0.467 e. The molecule has 0 atom stereocenters. The minimum absolute atomic E-state index is 0.266. The van der Waals surface area contributed by atoms with Gasteiger partial charge >= 0.3 is 5.97 Å². The Kier molecular flexibility index (Phi) is 4.95. The number of esters is 1. The van der Waals surface area contributed by atoms with Gasteiger partial charge in [0, 0.05) is 4.47 Å². The number of furan rings is 1. The topological polar surface area (TPSA) is 68.5 Å². The summed E-state index contributed by atoms with van der Waals surface area (Å²) in [7, 11) is 0. The maximum absolute atomic E-state index is 11.7. The number of carbonyl (C=O) groups excluding carboxylic acids is 2. The van der Waals surface area contributed by atoms with Gasteiger partial charge in [0.2, 0.25) is 0 Å².